The molecule has 1 saturated heterocycles. The Balaban J connectivity index is 1.64. The molecular formula is C21H21N5O2S. The summed E-state index contributed by atoms with van der Waals surface area (Å²) in [4.78, 5) is 8.43. The van der Waals surface area contributed by atoms with E-state index in [0.29, 0.717) is 18.8 Å². The first-order valence-corrected chi connectivity index (χ1v) is 11.2. The van der Waals surface area contributed by atoms with Crippen molar-refractivity contribution in [3.8, 4) is 17.2 Å². The van der Waals surface area contributed by atoms with E-state index >= 15 is 0 Å². The van der Waals surface area contributed by atoms with E-state index in [4.69, 9.17) is 5.26 Å². The molecule has 1 aliphatic rings. The van der Waals surface area contributed by atoms with Crippen LogP contribution < -0.4 is 5.32 Å². The van der Waals surface area contributed by atoms with Gasteiger partial charge >= 0.3 is 0 Å². The highest BCUT2D eigenvalue weighted by Gasteiger charge is 2.25. The number of hydrogen-bond acceptors (Lipinski definition) is 6. The minimum atomic E-state index is -3.14. The molecule has 29 heavy (non-hydrogen) atoms. The Kier molecular flexibility index (Phi) is 5.18. The number of pyridine rings is 2. The summed E-state index contributed by atoms with van der Waals surface area (Å²) in [6, 6.07) is 11.9. The lowest BCUT2D eigenvalue weighted by Crippen LogP contribution is -2.41. The van der Waals surface area contributed by atoms with Gasteiger partial charge in [0.25, 0.3) is 0 Å². The van der Waals surface area contributed by atoms with Crippen LogP contribution in [0.2, 0.25) is 0 Å². The third kappa shape index (κ3) is 4.21. The van der Waals surface area contributed by atoms with Crippen molar-refractivity contribution in [3.63, 3.8) is 0 Å². The molecule has 3 heterocycles. The number of sulfonamides is 1. The van der Waals surface area contributed by atoms with Gasteiger partial charge < -0.3 is 5.32 Å². The second-order valence-electron chi connectivity index (χ2n) is 7.25. The van der Waals surface area contributed by atoms with Crippen molar-refractivity contribution < 1.29 is 8.42 Å². The Labute approximate surface area is 170 Å². The largest absolute Gasteiger partial charge is 0.382 e. The Bertz CT molecular complexity index is 1180. The first-order valence-electron chi connectivity index (χ1n) is 9.40. The zero-order valence-corrected chi connectivity index (χ0v) is 16.9. The molecule has 4 rings (SSSR count). The number of anilines is 1. The van der Waals surface area contributed by atoms with Gasteiger partial charge in [0.15, 0.2) is 0 Å². The third-order valence-electron chi connectivity index (χ3n) is 5.25. The molecule has 0 radical (unpaired) electrons. The standard InChI is InChI=1S/C21H21N5O2S/c1-29(27,28)26-8-5-18(6-9-26)25-21-11-17(10-15-4-7-23-14-20(15)21)16-2-3-19(12-22)24-13-16/h2-4,7,10-11,13-14,18,25H,5-6,8-9H2,1H3. The molecule has 0 spiro atoms. The Morgan fingerprint density at radius 1 is 1.14 bits per heavy atom. The van der Waals surface area contributed by atoms with Crippen LogP contribution in [0.4, 0.5) is 5.69 Å². The maximum atomic E-state index is 11.7. The van der Waals surface area contributed by atoms with Crippen molar-refractivity contribution in [2.75, 3.05) is 24.7 Å². The summed E-state index contributed by atoms with van der Waals surface area (Å²) >= 11 is 0. The number of piperidine rings is 1. The van der Waals surface area contributed by atoms with E-state index in [9.17, 15) is 8.42 Å². The molecule has 0 amide bonds. The highest BCUT2D eigenvalue weighted by Crippen LogP contribution is 2.32. The summed E-state index contributed by atoms with van der Waals surface area (Å²) in [5.41, 5.74) is 3.27. The molecule has 1 aliphatic heterocycles. The maximum absolute atomic E-state index is 11.7. The number of rotatable bonds is 4. The summed E-state index contributed by atoms with van der Waals surface area (Å²) < 4.78 is 25.0. The number of aromatic nitrogens is 2. The van der Waals surface area contributed by atoms with Crippen LogP contribution in [0.5, 0.6) is 0 Å². The fourth-order valence-corrected chi connectivity index (χ4v) is 4.54. The number of fused-ring (bicyclic) bond motifs is 1. The van der Waals surface area contributed by atoms with Gasteiger partial charge in [-0.1, -0.05) is 0 Å². The van der Waals surface area contributed by atoms with E-state index in [1.54, 1.807) is 18.5 Å². The quantitative estimate of drug-likeness (QED) is 0.714. The van der Waals surface area contributed by atoms with Gasteiger partial charge in [-0.15, -0.1) is 0 Å². The van der Waals surface area contributed by atoms with Gasteiger partial charge in [-0.3, -0.25) is 4.98 Å². The van der Waals surface area contributed by atoms with E-state index in [1.807, 2.05) is 24.4 Å². The molecule has 1 N–H and O–H groups in total. The van der Waals surface area contributed by atoms with E-state index in [0.717, 1.165) is 40.4 Å². The average molecular weight is 407 g/mol. The van der Waals surface area contributed by atoms with Gasteiger partial charge in [-0.05, 0) is 54.1 Å². The van der Waals surface area contributed by atoms with Crippen molar-refractivity contribution in [2.45, 2.75) is 18.9 Å². The lowest BCUT2D eigenvalue weighted by Gasteiger charge is -2.31. The molecule has 1 aromatic carbocycles. The van der Waals surface area contributed by atoms with Gasteiger partial charge in [0, 0.05) is 54.4 Å². The molecule has 7 nitrogen and oxygen atoms in total. The van der Waals surface area contributed by atoms with Crippen LogP contribution in [0.3, 0.4) is 0 Å². The molecule has 0 aliphatic carbocycles. The van der Waals surface area contributed by atoms with Crippen LogP contribution in [0, 0.1) is 11.3 Å². The average Bonchev–Trinajstić information content (AvgIpc) is 2.73. The second kappa shape index (κ2) is 7.78. The zero-order chi connectivity index (χ0) is 20.4. The van der Waals surface area contributed by atoms with Crippen LogP contribution >= 0.6 is 0 Å². The van der Waals surface area contributed by atoms with Gasteiger partial charge in [0.2, 0.25) is 10.0 Å². The number of hydrogen-bond donors (Lipinski definition) is 1. The molecule has 0 saturated carbocycles. The summed E-state index contributed by atoms with van der Waals surface area (Å²) in [6.07, 6.45) is 8.06. The number of nitriles is 1. The van der Waals surface area contributed by atoms with Crippen LogP contribution in [0.1, 0.15) is 18.5 Å². The molecule has 148 valence electrons. The lowest BCUT2D eigenvalue weighted by molar-refractivity contribution is 0.332. The lowest BCUT2D eigenvalue weighted by atomic mass is 10.00. The first kappa shape index (κ1) is 19.3. The Morgan fingerprint density at radius 3 is 2.59 bits per heavy atom. The van der Waals surface area contributed by atoms with Gasteiger partial charge in [0.05, 0.1) is 6.26 Å². The van der Waals surface area contributed by atoms with Crippen molar-refractivity contribution in [3.05, 3.63) is 54.6 Å². The number of nitrogens with zero attached hydrogens (tertiary/aromatic N) is 4. The van der Waals surface area contributed by atoms with Gasteiger partial charge in [-0.25, -0.2) is 17.7 Å². The monoisotopic (exact) mass is 407 g/mol. The SMILES string of the molecule is CS(=O)(=O)N1CCC(Nc2cc(-c3ccc(C#N)nc3)cc3ccncc23)CC1. The predicted molar refractivity (Wildman–Crippen MR) is 113 cm³/mol. The first-order chi connectivity index (χ1) is 13.9. The predicted octanol–water partition coefficient (Wildman–Crippen LogP) is 3.00. The normalized spacial score (nSPS) is 15.9. The van der Waals surface area contributed by atoms with Crippen molar-refractivity contribution >= 4 is 26.5 Å². The van der Waals surface area contributed by atoms with Crippen molar-refractivity contribution in [1.29, 1.82) is 5.26 Å². The van der Waals surface area contributed by atoms with Gasteiger partial charge in [-0.2, -0.15) is 5.26 Å². The molecule has 0 unspecified atom stereocenters. The van der Waals surface area contributed by atoms with E-state index in [-0.39, 0.29) is 6.04 Å². The van der Waals surface area contributed by atoms with E-state index in [2.05, 4.69) is 27.4 Å². The second-order valence-corrected chi connectivity index (χ2v) is 9.23. The van der Waals surface area contributed by atoms with Gasteiger partial charge in [0.1, 0.15) is 11.8 Å². The van der Waals surface area contributed by atoms with Crippen molar-refractivity contribution in [2.24, 2.45) is 0 Å². The van der Waals surface area contributed by atoms with Crippen LogP contribution in [0.15, 0.2) is 48.9 Å². The fraction of sp³-hybridized carbons (Fsp3) is 0.286. The van der Waals surface area contributed by atoms with Crippen LogP contribution in [-0.4, -0.2) is 48.1 Å². The molecular weight excluding hydrogens is 386 g/mol. The minimum Gasteiger partial charge on any atom is -0.382 e. The molecule has 0 bridgehead atoms. The maximum Gasteiger partial charge on any atom is 0.211 e. The van der Waals surface area contributed by atoms with E-state index in [1.165, 1.54) is 10.6 Å². The van der Waals surface area contributed by atoms with Crippen molar-refractivity contribution in [1.82, 2.24) is 14.3 Å². The smallest absolute Gasteiger partial charge is 0.211 e. The fourth-order valence-electron chi connectivity index (χ4n) is 3.67. The summed E-state index contributed by atoms with van der Waals surface area (Å²) in [5.74, 6) is 0. The molecule has 8 heteroatoms. The summed E-state index contributed by atoms with van der Waals surface area (Å²) in [6.45, 7) is 1.04. The minimum absolute atomic E-state index is 0.186. The topological polar surface area (TPSA) is 99.0 Å². The number of benzene rings is 1. The van der Waals surface area contributed by atoms with Crippen LogP contribution in [-0.2, 0) is 10.0 Å². The highest BCUT2D eigenvalue weighted by atomic mass is 32.2. The third-order valence-corrected chi connectivity index (χ3v) is 6.55. The van der Waals surface area contributed by atoms with Crippen LogP contribution in [0.25, 0.3) is 21.9 Å². The molecule has 2 aromatic heterocycles. The molecule has 1 fully saturated rings. The molecule has 0 atom stereocenters. The van der Waals surface area contributed by atoms with E-state index < -0.39 is 10.0 Å². The highest BCUT2D eigenvalue weighted by molar-refractivity contribution is 7.88. The zero-order valence-electron chi connectivity index (χ0n) is 16.0. The summed E-state index contributed by atoms with van der Waals surface area (Å²) in [5, 5.41) is 14.6. The Morgan fingerprint density at radius 2 is 1.93 bits per heavy atom. The Hall–Kier alpha value is -3.02. The summed E-state index contributed by atoms with van der Waals surface area (Å²) in [7, 11) is -3.14. The molecule has 3 aromatic rings. The number of nitrogens with one attached hydrogen (secondary N) is 1.